The number of rotatable bonds is 1. The van der Waals surface area contributed by atoms with Crippen LogP contribution in [0.5, 0.6) is 0 Å². The van der Waals surface area contributed by atoms with Gasteiger partial charge >= 0.3 is 6.18 Å². The highest BCUT2D eigenvalue weighted by Gasteiger charge is 2.42. The molecule has 1 fully saturated rings. The van der Waals surface area contributed by atoms with Crippen LogP contribution in [-0.4, -0.2) is 29.2 Å². The molecule has 2 rings (SSSR count). The van der Waals surface area contributed by atoms with Crippen molar-refractivity contribution in [2.45, 2.75) is 45.2 Å². The maximum Gasteiger partial charge on any atom is 0.393 e. The summed E-state index contributed by atoms with van der Waals surface area (Å²) >= 11 is 0. The molecule has 1 aromatic rings. The van der Waals surface area contributed by atoms with Gasteiger partial charge in [-0.05, 0) is 18.9 Å². The van der Waals surface area contributed by atoms with Crippen LogP contribution in [0.1, 0.15) is 39.4 Å². The Morgan fingerprint density at radius 3 is 2.55 bits per heavy atom. The number of hydrogen-bond donors (Lipinski definition) is 0. The first-order valence-electron chi connectivity index (χ1n) is 6.83. The molecule has 0 saturated carbocycles. The first-order valence-corrected chi connectivity index (χ1v) is 6.83. The second kappa shape index (κ2) is 5.22. The van der Waals surface area contributed by atoms with E-state index < -0.39 is 12.1 Å². The zero-order valence-electron chi connectivity index (χ0n) is 12.0. The predicted octanol–water partition coefficient (Wildman–Crippen LogP) is 3.55. The minimum absolute atomic E-state index is 0.00983. The number of hydrogen-bond acceptors (Lipinski definition) is 3. The van der Waals surface area contributed by atoms with Crippen molar-refractivity contribution in [2.75, 3.05) is 18.0 Å². The maximum absolute atomic E-state index is 12.8. The Hall–Kier alpha value is -1.33. The highest BCUT2D eigenvalue weighted by molar-refractivity contribution is 5.38. The molecule has 20 heavy (non-hydrogen) atoms. The summed E-state index contributed by atoms with van der Waals surface area (Å²) in [6, 6.07) is 1.69. The molecule has 0 amide bonds. The van der Waals surface area contributed by atoms with Crippen molar-refractivity contribution in [2.24, 2.45) is 5.92 Å². The van der Waals surface area contributed by atoms with E-state index in [9.17, 15) is 13.2 Å². The van der Waals surface area contributed by atoms with Crippen molar-refractivity contribution in [3.63, 3.8) is 0 Å². The summed E-state index contributed by atoms with van der Waals surface area (Å²) in [5, 5.41) is 0. The van der Waals surface area contributed by atoms with Crippen LogP contribution in [0.4, 0.5) is 19.0 Å². The van der Waals surface area contributed by atoms with Crippen LogP contribution in [0.15, 0.2) is 12.3 Å². The molecule has 1 aliphatic heterocycles. The third-order valence-electron chi connectivity index (χ3n) is 3.52. The number of anilines is 1. The van der Waals surface area contributed by atoms with Crippen molar-refractivity contribution in [3.05, 3.63) is 18.1 Å². The van der Waals surface area contributed by atoms with Gasteiger partial charge in [0, 0.05) is 24.7 Å². The molecule has 1 saturated heterocycles. The van der Waals surface area contributed by atoms with E-state index in [0.717, 1.165) is 0 Å². The molecule has 0 radical (unpaired) electrons. The van der Waals surface area contributed by atoms with Crippen LogP contribution in [0.3, 0.4) is 0 Å². The van der Waals surface area contributed by atoms with Crippen LogP contribution < -0.4 is 4.90 Å². The molecule has 0 N–H and O–H groups in total. The summed E-state index contributed by atoms with van der Waals surface area (Å²) in [6.07, 6.45) is -1.76. The van der Waals surface area contributed by atoms with E-state index in [1.165, 1.54) is 0 Å². The van der Waals surface area contributed by atoms with E-state index in [1.54, 1.807) is 17.2 Å². The van der Waals surface area contributed by atoms with Crippen molar-refractivity contribution in [1.82, 2.24) is 9.97 Å². The molecule has 2 heterocycles. The minimum atomic E-state index is -4.13. The molecule has 0 bridgehead atoms. The van der Waals surface area contributed by atoms with Crippen LogP contribution in [0, 0.1) is 5.92 Å². The molecule has 0 spiro atoms. The molecular weight excluding hydrogens is 267 g/mol. The van der Waals surface area contributed by atoms with Gasteiger partial charge in [0.15, 0.2) is 0 Å². The SMILES string of the molecule is CC(C)(C)c1nccc(N2CCCC(C(F)(F)F)C2)n1. The first-order chi connectivity index (χ1) is 9.18. The molecular formula is C14H20F3N3. The molecule has 3 nitrogen and oxygen atoms in total. The summed E-state index contributed by atoms with van der Waals surface area (Å²) in [7, 11) is 0. The van der Waals surface area contributed by atoms with Gasteiger partial charge in [0.2, 0.25) is 0 Å². The number of aromatic nitrogens is 2. The van der Waals surface area contributed by atoms with Gasteiger partial charge in [0.1, 0.15) is 11.6 Å². The highest BCUT2D eigenvalue weighted by Crippen LogP contribution is 2.34. The molecule has 0 aromatic carbocycles. The van der Waals surface area contributed by atoms with Crippen LogP contribution in [0.2, 0.25) is 0 Å². The Balaban J connectivity index is 2.19. The monoisotopic (exact) mass is 287 g/mol. The second-order valence-corrected chi connectivity index (χ2v) is 6.32. The van der Waals surface area contributed by atoms with E-state index in [2.05, 4.69) is 9.97 Å². The molecule has 112 valence electrons. The third-order valence-corrected chi connectivity index (χ3v) is 3.52. The fraction of sp³-hybridized carbons (Fsp3) is 0.714. The maximum atomic E-state index is 12.8. The zero-order valence-corrected chi connectivity index (χ0v) is 12.0. The van der Waals surface area contributed by atoms with E-state index in [4.69, 9.17) is 0 Å². The lowest BCUT2D eigenvalue weighted by molar-refractivity contribution is -0.176. The van der Waals surface area contributed by atoms with Gasteiger partial charge in [-0.25, -0.2) is 9.97 Å². The average molecular weight is 287 g/mol. The van der Waals surface area contributed by atoms with Gasteiger partial charge in [-0.1, -0.05) is 20.8 Å². The second-order valence-electron chi connectivity index (χ2n) is 6.32. The Bertz CT molecular complexity index is 465. The molecule has 1 unspecified atom stereocenters. The lowest BCUT2D eigenvalue weighted by atomic mass is 9.95. The fourth-order valence-electron chi connectivity index (χ4n) is 2.34. The Labute approximate surface area is 117 Å². The van der Waals surface area contributed by atoms with Crippen LogP contribution in [0.25, 0.3) is 0 Å². The molecule has 1 atom stereocenters. The van der Waals surface area contributed by atoms with Crippen LogP contribution >= 0.6 is 0 Å². The first kappa shape index (κ1) is 15.1. The quantitative estimate of drug-likeness (QED) is 0.791. The number of halogens is 3. The van der Waals surface area contributed by atoms with E-state index >= 15 is 0 Å². The molecule has 1 aliphatic rings. The van der Waals surface area contributed by atoms with E-state index in [1.807, 2.05) is 20.8 Å². The Kier molecular flexibility index (Phi) is 3.93. The Morgan fingerprint density at radius 1 is 1.25 bits per heavy atom. The van der Waals surface area contributed by atoms with Crippen molar-refractivity contribution >= 4 is 5.82 Å². The smallest absolute Gasteiger partial charge is 0.356 e. The summed E-state index contributed by atoms with van der Waals surface area (Å²) < 4.78 is 38.5. The van der Waals surface area contributed by atoms with Gasteiger partial charge in [-0.3, -0.25) is 0 Å². The third kappa shape index (κ3) is 3.41. The Morgan fingerprint density at radius 2 is 1.95 bits per heavy atom. The largest absolute Gasteiger partial charge is 0.393 e. The van der Waals surface area contributed by atoms with Crippen molar-refractivity contribution < 1.29 is 13.2 Å². The minimum Gasteiger partial charge on any atom is -0.356 e. The van der Waals surface area contributed by atoms with E-state index in [-0.39, 0.29) is 18.4 Å². The van der Waals surface area contributed by atoms with Gasteiger partial charge < -0.3 is 4.90 Å². The molecule has 0 aliphatic carbocycles. The summed E-state index contributed by atoms with van der Waals surface area (Å²) in [6.45, 7) is 6.57. The van der Waals surface area contributed by atoms with E-state index in [0.29, 0.717) is 24.6 Å². The zero-order chi connectivity index (χ0) is 15.0. The summed E-state index contributed by atoms with van der Waals surface area (Å²) in [5.41, 5.74) is -0.213. The summed E-state index contributed by atoms with van der Waals surface area (Å²) in [5.74, 6) is -0.00712. The van der Waals surface area contributed by atoms with Gasteiger partial charge in [0.25, 0.3) is 0 Å². The highest BCUT2D eigenvalue weighted by atomic mass is 19.4. The van der Waals surface area contributed by atoms with Crippen molar-refractivity contribution in [3.8, 4) is 0 Å². The molecule has 1 aromatic heterocycles. The molecule has 6 heteroatoms. The van der Waals surface area contributed by atoms with Crippen LogP contribution in [-0.2, 0) is 5.41 Å². The average Bonchev–Trinajstić information content (AvgIpc) is 2.37. The number of alkyl halides is 3. The normalized spacial score (nSPS) is 21.1. The number of piperidine rings is 1. The van der Waals surface area contributed by atoms with Gasteiger partial charge in [0.05, 0.1) is 5.92 Å². The standard InChI is InChI=1S/C14H20F3N3/c1-13(2,3)12-18-7-6-11(19-12)20-8-4-5-10(9-20)14(15,16)17/h6-7,10H,4-5,8-9H2,1-3H3. The topological polar surface area (TPSA) is 29.0 Å². The lowest BCUT2D eigenvalue weighted by Gasteiger charge is -2.34. The van der Waals surface area contributed by atoms with Gasteiger partial charge in [-0.2, -0.15) is 13.2 Å². The number of nitrogens with zero attached hydrogens (tertiary/aromatic N) is 3. The lowest BCUT2D eigenvalue weighted by Crippen LogP contribution is -2.42. The fourth-order valence-corrected chi connectivity index (χ4v) is 2.34. The van der Waals surface area contributed by atoms with Crippen molar-refractivity contribution in [1.29, 1.82) is 0 Å². The summed E-state index contributed by atoms with van der Waals surface area (Å²) in [4.78, 5) is 10.4. The van der Waals surface area contributed by atoms with Gasteiger partial charge in [-0.15, -0.1) is 0 Å². The predicted molar refractivity (Wildman–Crippen MR) is 71.7 cm³/mol.